The van der Waals surface area contributed by atoms with Crippen LogP contribution in [0.25, 0.3) is 10.1 Å². The van der Waals surface area contributed by atoms with Gasteiger partial charge in [-0.2, -0.15) is 4.37 Å². The SMILES string of the molecule is CC(=O)N1CCc2cc([C@H](O)CN3CCN(c4nsc5ccccc45)CC3)ccc21. The van der Waals surface area contributed by atoms with Crippen molar-refractivity contribution < 1.29 is 9.90 Å². The zero-order valence-corrected chi connectivity index (χ0v) is 17.9. The fourth-order valence-corrected chi connectivity index (χ4v) is 5.34. The molecule has 1 atom stereocenters. The largest absolute Gasteiger partial charge is 0.387 e. The van der Waals surface area contributed by atoms with Gasteiger partial charge in [0.1, 0.15) is 5.82 Å². The molecule has 1 aromatic heterocycles. The summed E-state index contributed by atoms with van der Waals surface area (Å²) < 4.78 is 5.90. The molecule has 2 aliphatic rings. The van der Waals surface area contributed by atoms with Crippen LogP contribution in [0.3, 0.4) is 0 Å². The van der Waals surface area contributed by atoms with Crippen molar-refractivity contribution in [3.05, 3.63) is 53.6 Å². The van der Waals surface area contributed by atoms with Crippen molar-refractivity contribution in [1.29, 1.82) is 0 Å². The molecule has 1 fully saturated rings. The predicted octanol–water partition coefficient (Wildman–Crippen LogP) is 3.06. The topological polar surface area (TPSA) is 59.9 Å². The van der Waals surface area contributed by atoms with Gasteiger partial charge in [-0.15, -0.1) is 0 Å². The summed E-state index contributed by atoms with van der Waals surface area (Å²) in [6, 6.07) is 14.4. The number of benzene rings is 2. The normalized spacial score (nSPS) is 18.1. The first-order valence-electron chi connectivity index (χ1n) is 10.5. The van der Waals surface area contributed by atoms with E-state index in [-0.39, 0.29) is 5.91 Å². The number of nitrogens with zero attached hydrogens (tertiary/aromatic N) is 4. The minimum absolute atomic E-state index is 0.0767. The summed E-state index contributed by atoms with van der Waals surface area (Å²) in [7, 11) is 0. The second-order valence-electron chi connectivity index (χ2n) is 8.11. The van der Waals surface area contributed by atoms with Crippen molar-refractivity contribution in [3.63, 3.8) is 0 Å². The average Bonchev–Trinajstić information content (AvgIpc) is 3.38. The molecule has 1 N–H and O–H groups in total. The number of piperazine rings is 1. The van der Waals surface area contributed by atoms with E-state index >= 15 is 0 Å². The molecule has 7 heteroatoms. The van der Waals surface area contributed by atoms with Crippen molar-refractivity contribution in [1.82, 2.24) is 9.27 Å². The van der Waals surface area contributed by atoms with Crippen LogP contribution in [0, 0.1) is 0 Å². The van der Waals surface area contributed by atoms with Gasteiger partial charge in [0.2, 0.25) is 5.91 Å². The Bertz CT molecular complexity index is 1070. The molecule has 5 rings (SSSR count). The first kappa shape index (κ1) is 19.5. The zero-order chi connectivity index (χ0) is 20.7. The Kier molecular flexibility index (Phi) is 5.18. The molecule has 0 aliphatic carbocycles. The Balaban J connectivity index is 1.21. The lowest BCUT2D eigenvalue weighted by Gasteiger charge is -2.36. The third-order valence-corrected chi connectivity index (χ3v) is 7.04. The summed E-state index contributed by atoms with van der Waals surface area (Å²) in [5.74, 6) is 1.16. The van der Waals surface area contributed by atoms with Gasteiger partial charge in [-0.3, -0.25) is 9.69 Å². The van der Waals surface area contributed by atoms with Gasteiger partial charge in [0.05, 0.1) is 10.8 Å². The highest BCUT2D eigenvalue weighted by Gasteiger charge is 2.25. The number of hydrogen-bond acceptors (Lipinski definition) is 6. The van der Waals surface area contributed by atoms with Gasteiger partial charge in [-0.1, -0.05) is 24.3 Å². The number of carbonyl (C=O) groups is 1. The summed E-state index contributed by atoms with van der Waals surface area (Å²) in [5.41, 5.74) is 3.08. The Labute approximate surface area is 180 Å². The van der Waals surface area contributed by atoms with Gasteiger partial charge in [-0.25, -0.2) is 0 Å². The van der Waals surface area contributed by atoms with E-state index in [1.807, 2.05) is 17.0 Å². The number of fused-ring (bicyclic) bond motifs is 2. The fourth-order valence-electron chi connectivity index (χ4n) is 4.55. The molecule has 0 unspecified atom stereocenters. The first-order valence-corrected chi connectivity index (χ1v) is 11.3. The number of carbonyl (C=O) groups excluding carboxylic acids is 1. The summed E-state index contributed by atoms with van der Waals surface area (Å²) >= 11 is 1.56. The Morgan fingerprint density at radius 3 is 2.73 bits per heavy atom. The van der Waals surface area contributed by atoms with Gasteiger partial charge >= 0.3 is 0 Å². The van der Waals surface area contributed by atoms with Crippen LogP contribution in [0.1, 0.15) is 24.2 Å². The highest BCUT2D eigenvalue weighted by Crippen LogP contribution is 2.32. The van der Waals surface area contributed by atoms with E-state index in [9.17, 15) is 9.90 Å². The smallest absolute Gasteiger partial charge is 0.223 e. The molecule has 0 radical (unpaired) electrons. The van der Waals surface area contributed by atoms with E-state index < -0.39 is 6.10 Å². The summed E-state index contributed by atoms with van der Waals surface area (Å²) in [6.07, 6.45) is 0.337. The highest BCUT2D eigenvalue weighted by molar-refractivity contribution is 7.13. The standard InChI is InChI=1S/C23H26N4O2S/c1-16(28)27-9-8-17-14-18(6-7-20(17)27)21(29)15-25-10-12-26(13-11-25)23-19-4-2-3-5-22(19)30-24-23/h2-7,14,21,29H,8-13,15H2,1H3/t21-/m1/s1. The molecule has 3 aromatic rings. The van der Waals surface area contributed by atoms with E-state index in [2.05, 4.69) is 44.5 Å². The first-order chi connectivity index (χ1) is 14.6. The molecule has 0 bridgehead atoms. The molecule has 0 spiro atoms. The Morgan fingerprint density at radius 2 is 1.93 bits per heavy atom. The second kappa shape index (κ2) is 7.98. The molecule has 2 aromatic carbocycles. The molecule has 0 saturated carbocycles. The third-order valence-electron chi connectivity index (χ3n) is 6.23. The van der Waals surface area contributed by atoms with Crippen LogP contribution in [0.4, 0.5) is 11.5 Å². The summed E-state index contributed by atoms with van der Waals surface area (Å²) in [5, 5.41) is 12.1. The van der Waals surface area contributed by atoms with Gasteiger partial charge < -0.3 is 14.9 Å². The van der Waals surface area contributed by atoms with Gasteiger partial charge in [-0.05, 0) is 47.3 Å². The number of anilines is 2. The number of aromatic nitrogens is 1. The molecule has 156 valence electrons. The van der Waals surface area contributed by atoms with E-state index in [0.29, 0.717) is 6.54 Å². The molecule has 1 saturated heterocycles. The van der Waals surface area contributed by atoms with Crippen molar-refractivity contribution in [2.75, 3.05) is 49.1 Å². The van der Waals surface area contributed by atoms with Crippen LogP contribution >= 0.6 is 11.5 Å². The monoisotopic (exact) mass is 422 g/mol. The third kappa shape index (κ3) is 3.57. The molecular formula is C23H26N4O2S. The molecule has 2 aliphatic heterocycles. The Morgan fingerprint density at radius 1 is 1.13 bits per heavy atom. The Hall–Kier alpha value is -2.48. The van der Waals surface area contributed by atoms with E-state index in [1.165, 1.54) is 10.1 Å². The molecule has 6 nitrogen and oxygen atoms in total. The van der Waals surface area contributed by atoms with Crippen LogP contribution in [-0.4, -0.2) is 59.6 Å². The van der Waals surface area contributed by atoms with Crippen molar-refractivity contribution >= 4 is 39.0 Å². The zero-order valence-electron chi connectivity index (χ0n) is 17.1. The van der Waals surface area contributed by atoms with Gasteiger partial charge in [0, 0.05) is 57.3 Å². The van der Waals surface area contributed by atoms with Gasteiger partial charge in [0.15, 0.2) is 0 Å². The summed E-state index contributed by atoms with van der Waals surface area (Å²) in [4.78, 5) is 18.2. The quantitative estimate of drug-likeness (QED) is 0.700. The van der Waals surface area contributed by atoms with E-state index in [1.54, 1.807) is 18.5 Å². The number of amides is 1. The number of hydrogen-bond donors (Lipinski definition) is 1. The van der Waals surface area contributed by atoms with Crippen LogP contribution < -0.4 is 9.80 Å². The average molecular weight is 423 g/mol. The molecular weight excluding hydrogens is 396 g/mol. The highest BCUT2D eigenvalue weighted by atomic mass is 32.1. The number of aliphatic hydroxyl groups excluding tert-OH is 1. The maximum Gasteiger partial charge on any atom is 0.223 e. The van der Waals surface area contributed by atoms with Crippen molar-refractivity contribution in [2.24, 2.45) is 0 Å². The minimum atomic E-state index is -0.520. The van der Waals surface area contributed by atoms with Crippen molar-refractivity contribution in [3.8, 4) is 0 Å². The molecule has 30 heavy (non-hydrogen) atoms. The van der Waals surface area contributed by atoms with Crippen LogP contribution in [0.2, 0.25) is 0 Å². The number of β-amino-alcohol motifs (C(OH)–C–C–N with tert-alkyl or cyclic N) is 1. The lowest BCUT2D eigenvalue weighted by Crippen LogP contribution is -2.47. The summed E-state index contributed by atoms with van der Waals surface area (Å²) in [6.45, 7) is 6.61. The lowest BCUT2D eigenvalue weighted by molar-refractivity contribution is -0.116. The number of rotatable bonds is 4. The second-order valence-corrected chi connectivity index (χ2v) is 8.92. The number of aliphatic hydroxyl groups is 1. The fraction of sp³-hybridized carbons (Fsp3) is 0.391. The van der Waals surface area contributed by atoms with E-state index in [4.69, 9.17) is 0 Å². The van der Waals surface area contributed by atoms with Crippen molar-refractivity contribution in [2.45, 2.75) is 19.4 Å². The van der Waals surface area contributed by atoms with Crippen LogP contribution in [-0.2, 0) is 11.2 Å². The minimum Gasteiger partial charge on any atom is -0.387 e. The van der Waals surface area contributed by atoms with E-state index in [0.717, 1.165) is 61.8 Å². The maximum absolute atomic E-state index is 11.7. The van der Waals surface area contributed by atoms with Gasteiger partial charge in [0.25, 0.3) is 0 Å². The lowest BCUT2D eigenvalue weighted by atomic mass is 10.0. The molecule has 1 amide bonds. The maximum atomic E-state index is 11.7. The predicted molar refractivity (Wildman–Crippen MR) is 121 cm³/mol. The van der Waals surface area contributed by atoms with Crippen LogP contribution in [0.5, 0.6) is 0 Å². The molecule has 3 heterocycles. The van der Waals surface area contributed by atoms with Crippen LogP contribution in [0.15, 0.2) is 42.5 Å².